The highest BCUT2D eigenvalue weighted by Crippen LogP contribution is 2.32. The van der Waals surface area contributed by atoms with Crippen molar-refractivity contribution < 1.29 is 13.2 Å². The van der Waals surface area contributed by atoms with Gasteiger partial charge in [0.1, 0.15) is 0 Å². The lowest BCUT2D eigenvalue weighted by Gasteiger charge is -2.09. The minimum Gasteiger partial charge on any atom is -0.397 e. The molecule has 2 nitrogen and oxygen atoms in total. The molecule has 0 amide bonds. The van der Waals surface area contributed by atoms with Gasteiger partial charge in [-0.3, -0.25) is 0 Å². The van der Waals surface area contributed by atoms with Crippen molar-refractivity contribution in [1.29, 1.82) is 0 Å². The standard InChI is InChI=1S/C8H9F3N2.2ClH/c1-13-7-3-2-5(4-6(7)12)8(9,10)11;;/h2-4,13H,12H2,1H3;2*1H. The lowest BCUT2D eigenvalue weighted by atomic mass is 10.1. The van der Waals surface area contributed by atoms with E-state index in [4.69, 9.17) is 5.73 Å². The van der Waals surface area contributed by atoms with Gasteiger partial charge in [0.15, 0.2) is 0 Å². The number of nitrogens with two attached hydrogens (primary N) is 1. The molecule has 3 N–H and O–H groups in total. The smallest absolute Gasteiger partial charge is 0.397 e. The summed E-state index contributed by atoms with van der Waals surface area (Å²) in [4.78, 5) is 0. The van der Waals surface area contributed by atoms with E-state index in [1.807, 2.05) is 0 Å². The molecule has 7 heteroatoms. The van der Waals surface area contributed by atoms with Crippen LogP contribution in [0.1, 0.15) is 5.56 Å². The summed E-state index contributed by atoms with van der Waals surface area (Å²) in [5.41, 5.74) is 5.22. The lowest BCUT2D eigenvalue weighted by Crippen LogP contribution is -2.06. The Labute approximate surface area is 97.9 Å². The molecule has 0 saturated carbocycles. The number of rotatable bonds is 1. The number of alkyl halides is 3. The second-order valence-corrected chi connectivity index (χ2v) is 2.55. The monoisotopic (exact) mass is 262 g/mol. The average molecular weight is 263 g/mol. The van der Waals surface area contributed by atoms with E-state index in [2.05, 4.69) is 5.32 Å². The Hall–Kier alpha value is -0.810. The summed E-state index contributed by atoms with van der Waals surface area (Å²) in [5, 5.41) is 2.68. The normalized spacial score (nSPS) is 9.87. The number of nitrogens with one attached hydrogen (secondary N) is 1. The molecule has 0 heterocycles. The molecule has 0 saturated heterocycles. The maximum Gasteiger partial charge on any atom is 0.416 e. The highest BCUT2D eigenvalue weighted by molar-refractivity contribution is 5.85. The van der Waals surface area contributed by atoms with Crippen LogP contribution in [0.5, 0.6) is 0 Å². The van der Waals surface area contributed by atoms with Crippen molar-refractivity contribution >= 4 is 36.2 Å². The highest BCUT2D eigenvalue weighted by atomic mass is 35.5. The first-order valence-electron chi connectivity index (χ1n) is 3.59. The molecular formula is C8H11Cl2F3N2. The van der Waals surface area contributed by atoms with Gasteiger partial charge < -0.3 is 11.1 Å². The van der Waals surface area contributed by atoms with Gasteiger partial charge in [0, 0.05) is 7.05 Å². The SMILES string of the molecule is CNc1ccc(C(F)(F)F)cc1N.Cl.Cl. The van der Waals surface area contributed by atoms with Crippen LogP contribution in [0.25, 0.3) is 0 Å². The molecule has 1 rings (SSSR count). The average Bonchev–Trinajstić information content (AvgIpc) is 2.02. The predicted octanol–water partition coefficient (Wildman–Crippen LogP) is 3.17. The number of nitrogen functional groups attached to an aromatic ring is 1. The molecule has 0 fully saturated rings. The summed E-state index contributed by atoms with van der Waals surface area (Å²) < 4.78 is 36.4. The Kier molecular flexibility index (Phi) is 6.56. The molecule has 1 aromatic carbocycles. The first kappa shape index (κ1) is 16.6. The van der Waals surface area contributed by atoms with Crippen LogP contribution < -0.4 is 11.1 Å². The Bertz CT molecular complexity index is 315. The van der Waals surface area contributed by atoms with Gasteiger partial charge in [-0.2, -0.15) is 13.2 Å². The van der Waals surface area contributed by atoms with Crippen LogP contribution in [0, 0.1) is 0 Å². The molecule has 0 aliphatic carbocycles. The van der Waals surface area contributed by atoms with Crippen LogP contribution in [0.4, 0.5) is 24.5 Å². The van der Waals surface area contributed by atoms with Gasteiger partial charge in [-0.05, 0) is 18.2 Å². The summed E-state index contributed by atoms with van der Waals surface area (Å²) >= 11 is 0. The molecule has 0 aromatic heterocycles. The molecule has 0 unspecified atom stereocenters. The number of hydrogen-bond acceptors (Lipinski definition) is 2. The van der Waals surface area contributed by atoms with Gasteiger partial charge in [-0.1, -0.05) is 0 Å². The summed E-state index contributed by atoms with van der Waals surface area (Å²) in [7, 11) is 1.60. The maximum atomic E-state index is 12.1. The first-order valence-corrected chi connectivity index (χ1v) is 3.59. The third kappa shape index (κ3) is 4.05. The Balaban J connectivity index is 0. The summed E-state index contributed by atoms with van der Waals surface area (Å²) in [6, 6.07) is 3.20. The second kappa shape index (κ2) is 5.92. The van der Waals surface area contributed by atoms with E-state index in [0.717, 1.165) is 12.1 Å². The van der Waals surface area contributed by atoms with Crippen LogP contribution >= 0.6 is 24.8 Å². The van der Waals surface area contributed by atoms with Crippen molar-refractivity contribution in [3.63, 3.8) is 0 Å². The van der Waals surface area contributed by atoms with Crippen LogP contribution in [-0.2, 0) is 6.18 Å². The molecule has 88 valence electrons. The number of anilines is 2. The highest BCUT2D eigenvalue weighted by Gasteiger charge is 2.30. The fourth-order valence-corrected chi connectivity index (χ4v) is 0.967. The Morgan fingerprint density at radius 2 is 1.73 bits per heavy atom. The van der Waals surface area contributed by atoms with Crippen LogP contribution in [0.15, 0.2) is 18.2 Å². The third-order valence-corrected chi connectivity index (χ3v) is 1.65. The molecule has 0 bridgehead atoms. The van der Waals surface area contributed by atoms with E-state index >= 15 is 0 Å². The van der Waals surface area contributed by atoms with E-state index in [-0.39, 0.29) is 30.5 Å². The first-order chi connectivity index (χ1) is 5.95. The van der Waals surface area contributed by atoms with Crippen molar-refractivity contribution in [2.75, 3.05) is 18.1 Å². The van der Waals surface area contributed by atoms with Crippen LogP contribution in [-0.4, -0.2) is 7.05 Å². The molecule has 15 heavy (non-hydrogen) atoms. The minimum absolute atomic E-state index is 0. The van der Waals surface area contributed by atoms with Crippen molar-refractivity contribution in [1.82, 2.24) is 0 Å². The topological polar surface area (TPSA) is 38.0 Å². The van der Waals surface area contributed by atoms with Gasteiger partial charge in [-0.15, -0.1) is 24.8 Å². The molecule has 1 aromatic rings. The second-order valence-electron chi connectivity index (χ2n) is 2.55. The summed E-state index contributed by atoms with van der Waals surface area (Å²) in [6.07, 6.45) is -4.33. The number of halogens is 5. The third-order valence-electron chi connectivity index (χ3n) is 1.65. The fraction of sp³-hybridized carbons (Fsp3) is 0.250. The fourth-order valence-electron chi connectivity index (χ4n) is 0.967. The maximum absolute atomic E-state index is 12.1. The van der Waals surface area contributed by atoms with E-state index in [1.165, 1.54) is 6.07 Å². The zero-order chi connectivity index (χ0) is 10.1. The quantitative estimate of drug-likeness (QED) is 0.764. The molecule has 0 aliphatic rings. The zero-order valence-electron chi connectivity index (χ0n) is 7.76. The summed E-state index contributed by atoms with van der Waals surface area (Å²) in [5.74, 6) is 0. The zero-order valence-corrected chi connectivity index (χ0v) is 9.39. The van der Waals surface area contributed by atoms with Crippen molar-refractivity contribution in [2.24, 2.45) is 0 Å². The van der Waals surface area contributed by atoms with E-state index in [9.17, 15) is 13.2 Å². The van der Waals surface area contributed by atoms with E-state index in [1.54, 1.807) is 7.05 Å². The van der Waals surface area contributed by atoms with Gasteiger partial charge in [0.2, 0.25) is 0 Å². The molecule has 0 spiro atoms. The predicted molar refractivity (Wildman–Crippen MR) is 59.9 cm³/mol. The number of hydrogen-bond donors (Lipinski definition) is 2. The van der Waals surface area contributed by atoms with Crippen molar-refractivity contribution in [3.8, 4) is 0 Å². The van der Waals surface area contributed by atoms with Gasteiger partial charge in [0.05, 0.1) is 16.9 Å². The Morgan fingerprint density at radius 1 is 1.20 bits per heavy atom. The van der Waals surface area contributed by atoms with Crippen LogP contribution in [0.3, 0.4) is 0 Å². The lowest BCUT2D eigenvalue weighted by molar-refractivity contribution is -0.137. The van der Waals surface area contributed by atoms with E-state index in [0.29, 0.717) is 5.69 Å². The Morgan fingerprint density at radius 3 is 2.07 bits per heavy atom. The molecule has 0 aliphatic heterocycles. The minimum atomic E-state index is -4.33. The van der Waals surface area contributed by atoms with Crippen molar-refractivity contribution in [2.45, 2.75) is 6.18 Å². The summed E-state index contributed by atoms with van der Waals surface area (Å²) in [6.45, 7) is 0. The van der Waals surface area contributed by atoms with Gasteiger partial charge >= 0.3 is 6.18 Å². The molecule has 0 atom stereocenters. The van der Waals surface area contributed by atoms with Crippen LogP contribution in [0.2, 0.25) is 0 Å². The van der Waals surface area contributed by atoms with Gasteiger partial charge in [0.25, 0.3) is 0 Å². The van der Waals surface area contributed by atoms with Gasteiger partial charge in [-0.25, -0.2) is 0 Å². The van der Waals surface area contributed by atoms with Crippen molar-refractivity contribution in [3.05, 3.63) is 23.8 Å². The number of benzene rings is 1. The van der Waals surface area contributed by atoms with E-state index < -0.39 is 11.7 Å². The molecule has 0 radical (unpaired) electrons. The molecular weight excluding hydrogens is 252 g/mol. The largest absolute Gasteiger partial charge is 0.416 e.